The third-order valence-electron chi connectivity index (χ3n) is 2.42. The standard InChI is InChI=1S/C13H20ClN3O4/c1-13(2,3)21-12(20)17-6-9(18)10(19)8-4-7(15)5-16-11(8)14/h4-5,9-10,18-19H,6,15H2,1-3H3,(H,17,20). The number of aliphatic hydroxyl groups is 2. The molecule has 2 unspecified atom stereocenters. The molecule has 21 heavy (non-hydrogen) atoms. The number of halogens is 1. The van der Waals surface area contributed by atoms with E-state index in [9.17, 15) is 15.0 Å². The number of anilines is 1. The van der Waals surface area contributed by atoms with Crippen molar-refractivity contribution in [3.63, 3.8) is 0 Å². The fourth-order valence-corrected chi connectivity index (χ4v) is 1.73. The lowest BCUT2D eigenvalue weighted by Crippen LogP contribution is -2.38. The fourth-order valence-electron chi connectivity index (χ4n) is 1.51. The fraction of sp³-hybridized carbons (Fsp3) is 0.538. The van der Waals surface area contributed by atoms with E-state index in [0.717, 1.165) is 0 Å². The van der Waals surface area contributed by atoms with Gasteiger partial charge < -0.3 is 26.0 Å². The molecular weight excluding hydrogens is 298 g/mol. The van der Waals surface area contributed by atoms with Crippen molar-refractivity contribution in [2.45, 2.75) is 38.6 Å². The predicted molar refractivity (Wildman–Crippen MR) is 78.9 cm³/mol. The molecule has 0 fully saturated rings. The molecule has 8 heteroatoms. The van der Waals surface area contributed by atoms with Gasteiger partial charge in [0, 0.05) is 12.1 Å². The average Bonchev–Trinajstić information content (AvgIpc) is 2.36. The van der Waals surface area contributed by atoms with Crippen molar-refractivity contribution in [1.29, 1.82) is 0 Å². The van der Waals surface area contributed by atoms with Crippen LogP contribution >= 0.6 is 11.6 Å². The third-order valence-corrected chi connectivity index (χ3v) is 2.74. The highest BCUT2D eigenvalue weighted by Gasteiger charge is 2.23. The minimum atomic E-state index is -1.33. The number of nitrogens with two attached hydrogens (primary N) is 1. The van der Waals surface area contributed by atoms with Gasteiger partial charge in [0.1, 0.15) is 23.0 Å². The summed E-state index contributed by atoms with van der Waals surface area (Å²) in [5.74, 6) is 0. The molecule has 1 amide bonds. The van der Waals surface area contributed by atoms with Gasteiger partial charge in [-0.05, 0) is 26.8 Å². The maximum absolute atomic E-state index is 11.5. The molecule has 7 nitrogen and oxygen atoms in total. The number of ether oxygens (including phenoxy) is 1. The van der Waals surface area contributed by atoms with Crippen LogP contribution in [0.3, 0.4) is 0 Å². The Morgan fingerprint density at radius 3 is 2.71 bits per heavy atom. The van der Waals surface area contributed by atoms with Crippen molar-refractivity contribution >= 4 is 23.4 Å². The Hall–Kier alpha value is -1.57. The minimum absolute atomic E-state index is 0.0352. The van der Waals surface area contributed by atoms with Gasteiger partial charge in [0.25, 0.3) is 0 Å². The number of nitrogen functional groups attached to an aromatic ring is 1. The second-order valence-corrected chi connectivity index (χ2v) is 5.90. The lowest BCUT2D eigenvalue weighted by Gasteiger charge is -2.22. The quantitative estimate of drug-likeness (QED) is 0.620. The number of aromatic nitrogens is 1. The normalized spacial score (nSPS) is 14.4. The molecule has 0 saturated heterocycles. The first-order chi connectivity index (χ1) is 9.60. The molecule has 0 spiro atoms. The number of alkyl carbamates (subject to hydrolysis) is 1. The number of rotatable bonds is 4. The van der Waals surface area contributed by atoms with Gasteiger partial charge in [-0.1, -0.05) is 11.6 Å². The van der Waals surface area contributed by atoms with E-state index in [4.69, 9.17) is 22.1 Å². The average molecular weight is 318 g/mol. The summed E-state index contributed by atoms with van der Waals surface area (Å²) in [6.07, 6.45) is -1.96. The topological polar surface area (TPSA) is 118 Å². The predicted octanol–water partition coefficient (Wildman–Crippen LogP) is 1.24. The molecule has 1 aromatic heterocycles. The first-order valence-corrected chi connectivity index (χ1v) is 6.72. The van der Waals surface area contributed by atoms with E-state index < -0.39 is 23.9 Å². The van der Waals surface area contributed by atoms with Crippen LogP contribution in [0.1, 0.15) is 32.4 Å². The summed E-state index contributed by atoms with van der Waals surface area (Å²) in [5, 5.41) is 22.3. The van der Waals surface area contributed by atoms with E-state index in [1.165, 1.54) is 12.3 Å². The van der Waals surface area contributed by atoms with Crippen molar-refractivity contribution in [2.24, 2.45) is 0 Å². The van der Waals surface area contributed by atoms with Crippen molar-refractivity contribution in [3.05, 3.63) is 23.0 Å². The molecule has 2 atom stereocenters. The molecule has 0 saturated carbocycles. The lowest BCUT2D eigenvalue weighted by atomic mass is 10.1. The van der Waals surface area contributed by atoms with Crippen molar-refractivity contribution < 1.29 is 19.7 Å². The summed E-state index contributed by atoms with van der Waals surface area (Å²) in [6, 6.07) is 1.41. The van der Waals surface area contributed by atoms with Crippen LogP contribution in [0.4, 0.5) is 10.5 Å². The van der Waals surface area contributed by atoms with Gasteiger partial charge in [-0.15, -0.1) is 0 Å². The molecule has 0 aliphatic rings. The number of amides is 1. The zero-order chi connectivity index (χ0) is 16.2. The van der Waals surface area contributed by atoms with Gasteiger partial charge in [-0.25, -0.2) is 9.78 Å². The van der Waals surface area contributed by atoms with Gasteiger partial charge in [-0.2, -0.15) is 0 Å². The van der Waals surface area contributed by atoms with Crippen LogP contribution in [0.5, 0.6) is 0 Å². The molecule has 1 rings (SSSR count). The molecule has 1 heterocycles. The number of carbonyl (C=O) groups excluding carboxylic acids is 1. The Kier molecular flexibility index (Phi) is 5.77. The monoisotopic (exact) mass is 317 g/mol. The van der Waals surface area contributed by atoms with Crippen LogP contribution in [0.25, 0.3) is 0 Å². The van der Waals surface area contributed by atoms with Crippen molar-refractivity contribution in [3.8, 4) is 0 Å². The second-order valence-electron chi connectivity index (χ2n) is 5.54. The molecule has 0 aromatic carbocycles. The van der Waals surface area contributed by atoms with E-state index in [-0.39, 0.29) is 17.3 Å². The summed E-state index contributed by atoms with van der Waals surface area (Å²) >= 11 is 5.84. The maximum atomic E-state index is 11.5. The summed E-state index contributed by atoms with van der Waals surface area (Å²) in [7, 11) is 0. The molecular formula is C13H20ClN3O4. The summed E-state index contributed by atoms with van der Waals surface area (Å²) in [4.78, 5) is 15.2. The van der Waals surface area contributed by atoms with Crippen LogP contribution in [0.15, 0.2) is 12.3 Å². The number of hydrogen-bond acceptors (Lipinski definition) is 6. The largest absolute Gasteiger partial charge is 0.444 e. The van der Waals surface area contributed by atoms with Gasteiger partial charge in [0.15, 0.2) is 0 Å². The summed E-state index contributed by atoms with van der Waals surface area (Å²) < 4.78 is 5.02. The van der Waals surface area contributed by atoms with Gasteiger partial charge in [0.2, 0.25) is 0 Å². The van der Waals surface area contributed by atoms with Crippen LogP contribution < -0.4 is 11.1 Å². The van der Waals surface area contributed by atoms with Gasteiger partial charge >= 0.3 is 6.09 Å². The number of hydrogen-bond donors (Lipinski definition) is 4. The number of nitrogens with zero attached hydrogens (tertiary/aromatic N) is 1. The number of nitrogens with one attached hydrogen (secondary N) is 1. The van der Waals surface area contributed by atoms with E-state index in [1.54, 1.807) is 20.8 Å². The first kappa shape index (κ1) is 17.5. The Bertz CT molecular complexity index is 505. The summed E-state index contributed by atoms with van der Waals surface area (Å²) in [6.45, 7) is 4.95. The van der Waals surface area contributed by atoms with Gasteiger partial charge in [0.05, 0.1) is 11.9 Å². The third kappa shape index (κ3) is 5.74. The molecule has 118 valence electrons. The Morgan fingerprint density at radius 1 is 1.52 bits per heavy atom. The van der Waals surface area contributed by atoms with Crippen molar-refractivity contribution in [2.75, 3.05) is 12.3 Å². The van der Waals surface area contributed by atoms with Crippen molar-refractivity contribution in [1.82, 2.24) is 10.3 Å². The number of aliphatic hydroxyl groups excluding tert-OH is 2. The molecule has 5 N–H and O–H groups in total. The Balaban J connectivity index is 2.61. The zero-order valence-electron chi connectivity index (χ0n) is 12.1. The van der Waals surface area contributed by atoms with Crippen LogP contribution in [0.2, 0.25) is 5.15 Å². The SMILES string of the molecule is CC(C)(C)OC(=O)NCC(O)C(O)c1cc(N)cnc1Cl. The maximum Gasteiger partial charge on any atom is 0.407 e. The molecule has 0 aliphatic carbocycles. The van der Waals surface area contributed by atoms with E-state index in [1.807, 2.05) is 0 Å². The van der Waals surface area contributed by atoms with Gasteiger partial charge in [-0.3, -0.25) is 0 Å². The smallest absolute Gasteiger partial charge is 0.407 e. The van der Waals surface area contributed by atoms with Crippen LogP contribution in [-0.2, 0) is 4.74 Å². The van der Waals surface area contributed by atoms with E-state index >= 15 is 0 Å². The summed E-state index contributed by atoms with van der Waals surface area (Å²) in [5.41, 5.74) is 5.41. The highest BCUT2D eigenvalue weighted by molar-refractivity contribution is 6.30. The number of pyridine rings is 1. The first-order valence-electron chi connectivity index (χ1n) is 6.34. The highest BCUT2D eigenvalue weighted by atomic mass is 35.5. The van der Waals surface area contributed by atoms with Crippen LogP contribution in [-0.4, -0.2) is 39.5 Å². The zero-order valence-corrected chi connectivity index (χ0v) is 12.9. The molecule has 0 bridgehead atoms. The van der Waals surface area contributed by atoms with E-state index in [0.29, 0.717) is 5.69 Å². The lowest BCUT2D eigenvalue weighted by molar-refractivity contribution is 0.0128. The Labute approximate surface area is 128 Å². The Morgan fingerprint density at radius 2 is 2.14 bits per heavy atom. The minimum Gasteiger partial charge on any atom is -0.444 e. The number of carbonyl (C=O) groups is 1. The van der Waals surface area contributed by atoms with E-state index in [2.05, 4.69) is 10.3 Å². The second kappa shape index (κ2) is 6.93. The van der Waals surface area contributed by atoms with Crippen LogP contribution in [0, 0.1) is 0 Å². The molecule has 1 aromatic rings. The highest BCUT2D eigenvalue weighted by Crippen LogP contribution is 2.25. The molecule has 0 radical (unpaired) electrons. The molecule has 0 aliphatic heterocycles.